The number of nitrogens with one attached hydrogen (secondary N) is 1. The van der Waals surface area contributed by atoms with Gasteiger partial charge >= 0.3 is 5.97 Å². The minimum atomic E-state index is -1.08. The standard InChI is InChI=1S/C17H17NO4/c1-11-6-3-4-9-14(11)22-10-15(19)18-16-12(2)7-5-8-13(16)17(20)21/h3-9H,10H2,1-2H3,(H,18,19)(H,20,21). The molecule has 0 aliphatic rings. The number of hydrogen-bond donors (Lipinski definition) is 2. The fourth-order valence-corrected chi connectivity index (χ4v) is 2.05. The van der Waals surface area contributed by atoms with Gasteiger partial charge in [0.1, 0.15) is 5.75 Å². The lowest BCUT2D eigenvalue weighted by molar-refractivity contribution is -0.118. The van der Waals surface area contributed by atoms with E-state index in [4.69, 9.17) is 9.84 Å². The number of hydrogen-bond acceptors (Lipinski definition) is 3. The minimum Gasteiger partial charge on any atom is -0.483 e. The van der Waals surface area contributed by atoms with E-state index in [9.17, 15) is 9.59 Å². The van der Waals surface area contributed by atoms with E-state index in [1.54, 1.807) is 25.1 Å². The molecule has 0 atom stereocenters. The lowest BCUT2D eigenvalue weighted by Gasteiger charge is -2.12. The van der Waals surface area contributed by atoms with E-state index < -0.39 is 11.9 Å². The fourth-order valence-electron chi connectivity index (χ4n) is 2.05. The van der Waals surface area contributed by atoms with E-state index in [1.807, 2.05) is 25.1 Å². The molecule has 2 rings (SSSR count). The lowest BCUT2D eigenvalue weighted by Crippen LogP contribution is -2.22. The van der Waals surface area contributed by atoms with Crippen LogP contribution in [-0.2, 0) is 4.79 Å². The Balaban J connectivity index is 2.07. The highest BCUT2D eigenvalue weighted by Gasteiger charge is 2.14. The molecule has 0 fully saturated rings. The average molecular weight is 299 g/mol. The van der Waals surface area contributed by atoms with Gasteiger partial charge < -0.3 is 15.2 Å². The van der Waals surface area contributed by atoms with Crippen molar-refractivity contribution in [3.05, 3.63) is 59.2 Å². The fraction of sp³-hybridized carbons (Fsp3) is 0.176. The number of amides is 1. The molecule has 5 heteroatoms. The SMILES string of the molecule is Cc1ccccc1OCC(=O)Nc1c(C)cccc1C(=O)O. The van der Waals surface area contributed by atoms with E-state index in [-0.39, 0.29) is 12.2 Å². The van der Waals surface area contributed by atoms with Crippen LogP contribution in [0, 0.1) is 13.8 Å². The predicted molar refractivity (Wildman–Crippen MR) is 83.4 cm³/mol. The van der Waals surface area contributed by atoms with Gasteiger partial charge in [0.2, 0.25) is 0 Å². The molecular weight excluding hydrogens is 282 g/mol. The second-order valence-electron chi connectivity index (χ2n) is 4.90. The van der Waals surface area contributed by atoms with Crippen LogP contribution in [-0.4, -0.2) is 23.6 Å². The highest BCUT2D eigenvalue weighted by Crippen LogP contribution is 2.21. The summed E-state index contributed by atoms with van der Waals surface area (Å²) in [6, 6.07) is 12.2. The Labute approximate surface area is 128 Å². The molecule has 114 valence electrons. The summed E-state index contributed by atoms with van der Waals surface area (Å²) in [7, 11) is 0. The summed E-state index contributed by atoms with van der Waals surface area (Å²) in [4.78, 5) is 23.2. The van der Waals surface area contributed by atoms with Gasteiger partial charge in [-0.1, -0.05) is 30.3 Å². The molecule has 0 heterocycles. The summed E-state index contributed by atoms with van der Waals surface area (Å²) in [6.45, 7) is 3.44. The number of aryl methyl sites for hydroxylation is 2. The number of rotatable bonds is 5. The first-order valence-electron chi connectivity index (χ1n) is 6.80. The topological polar surface area (TPSA) is 75.6 Å². The molecule has 2 N–H and O–H groups in total. The summed E-state index contributed by atoms with van der Waals surface area (Å²) in [5.74, 6) is -0.861. The zero-order chi connectivity index (χ0) is 16.1. The number of carboxylic acid groups (broad SMARTS) is 1. The number of carboxylic acids is 1. The van der Waals surface area contributed by atoms with Crippen molar-refractivity contribution in [2.24, 2.45) is 0 Å². The number of aromatic carboxylic acids is 1. The number of para-hydroxylation sites is 2. The molecule has 1 amide bonds. The molecule has 0 bridgehead atoms. The molecule has 0 aliphatic carbocycles. The van der Waals surface area contributed by atoms with Crippen LogP contribution in [0.1, 0.15) is 21.5 Å². The number of benzene rings is 2. The van der Waals surface area contributed by atoms with Crippen LogP contribution in [0.3, 0.4) is 0 Å². The Bertz CT molecular complexity index is 710. The molecule has 0 saturated carbocycles. The molecule has 0 saturated heterocycles. The smallest absolute Gasteiger partial charge is 0.337 e. The highest BCUT2D eigenvalue weighted by molar-refractivity contribution is 6.01. The van der Waals surface area contributed by atoms with Crippen LogP contribution in [0.4, 0.5) is 5.69 Å². The lowest BCUT2D eigenvalue weighted by atomic mass is 10.1. The first-order chi connectivity index (χ1) is 10.5. The summed E-state index contributed by atoms with van der Waals surface area (Å²) in [5.41, 5.74) is 1.97. The maximum Gasteiger partial charge on any atom is 0.337 e. The summed E-state index contributed by atoms with van der Waals surface area (Å²) in [5, 5.41) is 11.8. The molecule has 0 aromatic heterocycles. The second-order valence-corrected chi connectivity index (χ2v) is 4.90. The van der Waals surface area contributed by atoms with E-state index >= 15 is 0 Å². The third-order valence-corrected chi connectivity index (χ3v) is 3.22. The quantitative estimate of drug-likeness (QED) is 0.890. The molecular formula is C17H17NO4. The van der Waals surface area contributed by atoms with Crippen LogP contribution in [0.5, 0.6) is 5.75 Å². The predicted octanol–water partition coefficient (Wildman–Crippen LogP) is 3.02. The van der Waals surface area contributed by atoms with Crippen molar-refractivity contribution in [2.75, 3.05) is 11.9 Å². The number of anilines is 1. The van der Waals surface area contributed by atoms with Crippen molar-refractivity contribution >= 4 is 17.6 Å². The van der Waals surface area contributed by atoms with Crippen molar-refractivity contribution < 1.29 is 19.4 Å². The van der Waals surface area contributed by atoms with Crippen molar-refractivity contribution in [3.63, 3.8) is 0 Å². The minimum absolute atomic E-state index is 0.0595. The zero-order valence-corrected chi connectivity index (χ0v) is 12.4. The van der Waals surface area contributed by atoms with Gasteiger partial charge in [-0.2, -0.15) is 0 Å². The molecule has 22 heavy (non-hydrogen) atoms. The van der Waals surface area contributed by atoms with E-state index in [1.165, 1.54) is 6.07 Å². The Morgan fingerprint density at radius 2 is 1.73 bits per heavy atom. The first-order valence-corrected chi connectivity index (χ1v) is 6.80. The highest BCUT2D eigenvalue weighted by atomic mass is 16.5. The van der Waals surface area contributed by atoms with E-state index in [2.05, 4.69) is 5.32 Å². The monoisotopic (exact) mass is 299 g/mol. The van der Waals surface area contributed by atoms with Crippen molar-refractivity contribution in [3.8, 4) is 5.75 Å². The van der Waals surface area contributed by atoms with Crippen LogP contribution in [0.25, 0.3) is 0 Å². The molecule has 2 aromatic carbocycles. The number of carbonyl (C=O) groups excluding carboxylic acids is 1. The summed E-state index contributed by atoms with van der Waals surface area (Å²) in [6.07, 6.45) is 0. The van der Waals surface area contributed by atoms with Crippen LogP contribution in [0.2, 0.25) is 0 Å². The molecule has 5 nitrogen and oxygen atoms in total. The average Bonchev–Trinajstić information content (AvgIpc) is 2.48. The maximum atomic E-state index is 12.0. The maximum absolute atomic E-state index is 12.0. The Hall–Kier alpha value is -2.82. The van der Waals surface area contributed by atoms with Crippen molar-refractivity contribution in [1.29, 1.82) is 0 Å². The number of ether oxygens (including phenoxy) is 1. The summed E-state index contributed by atoms with van der Waals surface area (Å²) < 4.78 is 5.45. The van der Waals surface area contributed by atoms with Crippen LogP contribution in [0.15, 0.2) is 42.5 Å². The molecule has 0 unspecified atom stereocenters. The van der Waals surface area contributed by atoms with Gasteiger partial charge in [-0.25, -0.2) is 4.79 Å². The third kappa shape index (κ3) is 3.63. The van der Waals surface area contributed by atoms with E-state index in [0.717, 1.165) is 5.56 Å². The zero-order valence-electron chi connectivity index (χ0n) is 12.4. The van der Waals surface area contributed by atoms with Gasteiger partial charge in [0.25, 0.3) is 5.91 Å². The molecule has 2 aromatic rings. The van der Waals surface area contributed by atoms with Gasteiger partial charge in [-0.05, 0) is 37.1 Å². The Morgan fingerprint density at radius 3 is 2.41 bits per heavy atom. The van der Waals surface area contributed by atoms with E-state index in [0.29, 0.717) is 17.0 Å². The molecule has 0 aliphatic heterocycles. The summed E-state index contributed by atoms with van der Waals surface area (Å²) >= 11 is 0. The molecule has 0 radical (unpaired) electrons. The van der Waals surface area contributed by atoms with Crippen molar-refractivity contribution in [1.82, 2.24) is 0 Å². The Kier molecular flexibility index (Phi) is 4.78. The normalized spacial score (nSPS) is 10.1. The first kappa shape index (κ1) is 15.6. The van der Waals surface area contributed by atoms with Gasteiger partial charge in [0, 0.05) is 0 Å². The molecule has 0 spiro atoms. The van der Waals surface area contributed by atoms with Crippen LogP contribution < -0.4 is 10.1 Å². The van der Waals surface area contributed by atoms with Gasteiger partial charge in [0.15, 0.2) is 6.61 Å². The number of carbonyl (C=O) groups is 2. The van der Waals surface area contributed by atoms with Gasteiger partial charge in [-0.3, -0.25) is 4.79 Å². The third-order valence-electron chi connectivity index (χ3n) is 3.22. The largest absolute Gasteiger partial charge is 0.483 e. The van der Waals surface area contributed by atoms with Gasteiger partial charge in [0.05, 0.1) is 11.3 Å². The second kappa shape index (κ2) is 6.76. The van der Waals surface area contributed by atoms with Gasteiger partial charge in [-0.15, -0.1) is 0 Å². The van der Waals surface area contributed by atoms with Crippen molar-refractivity contribution in [2.45, 2.75) is 13.8 Å². The Morgan fingerprint density at radius 1 is 1.05 bits per heavy atom. The van der Waals surface area contributed by atoms with Crippen LogP contribution >= 0.6 is 0 Å².